The normalized spacial score (nSPS) is 13.6. The summed E-state index contributed by atoms with van der Waals surface area (Å²) in [7, 11) is 0. The number of hydrogen-bond donors (Lipinski definition) is 1. The van der Waals surface area contributed by atoms with Crippen molar-refractivity contribution in [3.63, 3.8) is 0 Å². The molecule has 1 amide bonds. The van der Waals surface area contributed by atoms with Gasteiger partial charge in [-0.1, -0.05) is 34.5 Å². The zero-order chi connectivity index (χ0) is 13.1. The largest absolute Gasteiger partial charge is 0.334 e. The van der Waals surface area contributed by atoms with Crippen molar-refractivity contribution < 1.29 is 4.79 Å². The number of carbonyl (C=O) groups excluding carboxylic acids is 1. The van der Waals surface area contributed by atoms with Gasteiger partial charge in [-0.05, 0) is 31.5 Å². The smallest absolute Gasteiger partial charge is 0.254 e. The van der Waals surface area contributed by atoms with Crippen LogP contribution in [0.5, 0.6) is 0 Å². The Morgan fingerprint density at radius 1 is 1.65 bits per heavy atom. The summed E-state index contributed by atoms with van der Waals surface area (Å²) in [4.78, 5) is 11.9. The lowest BCUT2D eigenvalue weighted by atomic mass is 10.0. The van der Waals surface area contributed by atoms with Gasteiger partial charge in [-0.25, -0.2) is 0 Å². The fourth-order valence-corrected chi connectivity index (χ4v) is 1.95. The molecule has 0 aliphatic rings. The van der Waals surface area contributed by atoms with Gasteiger partial charge in [-0.3, -0.25) is 4.79 Å². The maximum atomic E-state index is 11.9. The van der Waals surface area contributed by atoms with Crippen LogP contribution in [-0.4, -0.2) is 11.4 Å². The number of amides is 1. The summed E-state index contributed by atoms with van der Waals surface area (Å²) >= 11 is 9.23. The Morgan fingerprint density at radius 2 is 2.29 bits per heavy atom. The Kier molecular flexibility index (Phi) is 4.55. The van der Waals surface area contributed by atoms with Gasteiger partial charge in [0.2, 0.25) is 0 Å². The molecule has 0 spiro atoms. The highest BCUT2D eigenvalue weighted by Gasteiger charge is 2.25. The van der Waals surface area contributed by atoms with Crippen LogP contribution in [0.1, 0.15) is 30.6 Å². The molecule has 0 radical (unpaired) electrons. The molecule has 0 saturated carbocycles. The van der Waals surface area contributed by atoms with Crippen LogP contribution in [0.15, 0.2) is 22.7 Å². The van der Waals surface area contributed by atoms with Crippen molar-refractivity contribution in [1.82, 2.24) is 5.32 Å². The monoisotopic (exact) mass is 314 g/mol. The number of nitriles is 1. The van der Waals surface area contributed by atoms with Crippen LogP contribution in [0.2, 0.25) is 5.02 Å². The molecule has 1 unspecified atom stereocenters. The van der Waals surface area contributed by atoms with Crippen molar-refractivity contribution in [2.24, 2.45) is 0 Å². The Labute approximate surface area is 114 Å². The lowest BCUT2D eigenvalue weighted by Crippen LogP contribution is -2.44. The maximum absolute atomic E-state index is 11.9. The quantitative estimate of drug-likeness (QED) is 0.927. The summed E-state index contributed by atoms with van der Waals surface area (Å²) in [6.07, 6.45) is 0.531. The molecule has 0 heterocycles. The summed E-state index contributed by atoms with van der Waals surface area (Å²) in [5.41, 5.74) is -0.502. The molecule has 3 nitrogen and oxygen atoms in total. The van der Waals surface area contributed by atoms with E-state index in [-0.39, 0.29) is 5.91 Å². The van der Waals surface area contributed by atoms with Crippen molar-refractivity contribution in [2.45, 2.75) is 25.8 Å². The first-order valence-corrected chi connectivity index (χ1v) is 6.28. The van der Waals surface area contributed by atoms with Gasteiger partial charge < -0.3 is 5.32 Å². The number of halogens is 2. The third kappa shape index (κ3) is 3.45. The predicted molar refractivity (Wildman–Crippen MR) is 70.9 cm³/mol. The zero-order valence-corrected chi connectivity index (χ0v) is 11.9. The summed E-state index contributed by atoms with van der Waals surface area (Å²) in [5, 5.41) is 12.0. The Morgan fingerprint density at radius 3 is 2.76 bits per heavy atom. The Bertz CT molecular complexity index is 484. The van der Waals surface area contributed by atoms with E-state index in [1.807, 2.05) is 6.92 Å². The van der Waals surface area contributed by atoms with Gasteiger partial charge in [0.15, 0.2) is 0 Å². The van der Waals surface area contributed by atoms with E-state index in [0.29, 0.717) is 17.0 Å². The van der Waals surface area contributed by atoms with Crippen LogP contribution in [0.3, 0.4) is 0 Å². The lowest BCUT2D eigenvalue weighted by Gasteiger charge is -2.21. The minimum atomic E-state index is -0.868. The fourth-order valence-electron chi connectivity index (χ4n) is 1.19. The van der Waals surface area contributed by atoms with E-state index in [4.69, 9.17) is 16.9 Å². The molecular formula is C12H12BrClN2O. The van der Waals surface area contributed by atoms with E-state index in [1.54, 1.807) is 25.1 Å². The Balaban J connectivity index is 2.95. The SMILES string of the molecule is CCC(C)(C#N)NC(=O)c1ccc(Br)cc1Cl. The average Bonchev–Trinajstić information content (AvgIpc) is 2.28. The molecule has 90 valence electrons. The van der Waals surface area contributed by atoms with Crippen molar-refractivity contribution in [3.05, 3.63) is 33.3 Å². The topological polar surface area (TPSA) is 52.9 Å². The molecule has 0 fully saturated rings. The third-order valence-electron chi connectivity index (χ3n) is 2.52. The van der Waals surface area contributed by atoms with Gasteiger partial charge in [0.05, 0.1) is 16.7 Å². The molecule has 5 heteroatoms. The van der Waals surface area contributed by atoms with Crippen LogP contribution in [-0.2, 0) is 0 Å². The van der Waals surface area contributed by atoms with Crippen molar-refractivity contribution in [1.29, 1.82) is 5.26 Å². The standard InChI is InChI=1S/C12H12BrClN2O/c1-3-12(2,7-15)16-11(17)9-5-4-8(13)6-10(9)14/h4-6H,3H2,1-2H3,(H,16,17). The number of nitrogens with one attached hydrogen (secondary N) is 1. The van der Waals surface area contributed by atoms with Gasteiger partial charge in [0.1, 0.15) is 5.54 Å². The summed E-state index contributed by atoms with van der Waals surface area (Å²) in [6.45, 7) is 3.52. The van der Waals surface area contributed by atoms with Crippen LogP contribution < -0.4 is 5.32 Å². The first-order chi connectivity index (χ1) is 7.91. The molecule has 0 aromatic heterocycles. The van der Waals surface area contributed by atoms with E-state index in [0.717, 1.165) is 4.47 Å². The molecule has 1 N–H and O–H groups in total. The average molecular weight is 316 g/mol. The van der Waals surface area contributed by atoms with Crippen LogP contribution in [0.4, 0.5) is 0 Å². The van der Waals surface area contributed by atoms with Gasteiger partial charge >= 0.3 is 0 Å². The molecule has 0 aliphatic heterocycles. The second kappa shape index (κ2) is 5.52. The number of benzene rings is 1. The summed E-state index contributed by atoms with van der Waals surface area (Å²) < 4.78 is 0.803. The molecular weight excluding hydrogens is 304 g/mol. The number of carbonyl (C=O) groups is 1. The zero-order valence-electron chi connectivity index (χ0n) is 9.55. The molecule has 17 heavy (non-hydrogen) atoms. The van der Waals surface area contributed by atoms with E-state index >= 15 is 0 Å². The highest BCUT2D eigenvalue weighted by molar-refractivity contribution is 9.10. The molecule has 1 rings (SSSR count). The second-order valence-corrected chi connectivity index (χ2v) is 5.20. The highest BCUT2D eigenvalue weighted by Crippen LogP contribution is 2.22. The van der Waals surface area contributed by atoms with E-state index in [9.17, 15) is 4.79 Å². The minimum Gasteiger partial charge on any atom is -0.334 e. The summed E-state index contributed by atoms with van der Waals surface area (Å²) in [5.74, 6) is -0.339. The van der Waals surface area contributed by atoms with Gasteiger partial charge in [-0.15, -0.1) is 0 Å². The van der Waals surface area contributed by atoms with E-state index in [1.165, 1.54) is 0 Å². The minimum absolute atomic E-state index is 0.339. The van der Waals surface area contributed by atoms with Crippen molar-refractivity contribution in [3.8, 4) is 6.07 Å². The number of rotatable bonds is 3. The fraction of sp³-hybridized carbons (Fsp3) is 0.333. The van der Waals surface area contributed by atoms with Crippen LogP contribution in [0.25, 0.3) is 0 Å². The molecule has 1 aromatic rings. The number of hydrogen-bond acceptors (Lipinski definition) is 2. The van der Waals surface area contributed by atoms with Gasteiger partial charge in [-0.2, -0.15) is 5.26 Å². The van der Waals surface area contributed by atoms with Crippen molar-refractivity contribution in [2.75, 3.05) is 0 Å². The third-order valence-corrected chi connectivity index (χ3v) is 3.33. The maximum Gasteiger partial charge on any atom is 0.254 e. The molecule has 1 atom stereocenters. The molecule has 0 bridgehead atoms. The summed E-state index contributed by atoms with van der Waals surface area (Å²) in [6, 6.07) is 7.07. The van der Waals surface area contributed by atoms with Crippen LogP contribution in [0, 0.1) is 11.3 Å². The predicted octanol–water partition coefficient (Wildman–Crippen LogP) is 3.52. The van der Waals surface area contributed by atoms with Gasteiger partial charge in [0.25, 0.3) is 5.91 Å². The van der Waals surface area contributed by atoms with Crippen LogP contribution >= 0.6 is 27.5 Å². The molecule has 1 aromatic carbocycles. The first kappa shape index (κ1) is 14.0. The first-order valence-electron chi connectivity index (χ1n) is 5.10. The molecule has 0 aliphatic carbocycles. The van der Waals surface area contributed by atoms with E-state index in [2.05, 4.69) is 27.3 Å². The van der Waals surface area contributed by atoms with Gasteiger partial charge in [0, 0.05) is 4.47 Å². The van der Waals surface area contributed by atoms with Crippen molar-refractivity contribution >= 4 is 33.4 Å². The Hall–Kier alpha value is -1.05. The lowest BCUT2D eigenvalue weighted by molar-refractivity contribution is 0.0923. The number of nitrogens with zero attached hydrogens (tertiary/aromatic N) is 1. The van der Waals surface area contributed by atoms with E-state index < -0.39 is 5.54 Å². The second-order valence-electron chi connectivity index (χ2n) is 3.88. The highest BCUT2D eigenvalue weighted by atomic mass is 79.9. The molecule has 0 saturated heterocycles.